The van der Waals surface area contributed by atoms with Crippen LogP contribution in [0.4, 0.5) is 4.39 Å². The maximum Gasteiger partial charge on any atom is 0.257 e. The van der Waals surface area contributed by atoms with Crippen molar-refractivity contribution in [2.45, 2.75) is 39.3 Å². The number of benzene rings is 2. The molecule has 0 saturated heterocycles. The second kappa shape index (κ2) is 9.25. The summed E-state index contributed by atoms with van der Waals surface area (Å²) in [5.41, 5.74) is 3.36. The van der Waals surface area contributed by atoms with Crippen molar-refractivity contribution in [3.05, 3.63) is 92.9 Å². The van der Waals surface area contributed by atoms with Gasteiger partial charge in [0.2, 0.25) is 5.91 Å². The number of thiophene rings is 1. The van der Waals surface area contributed by atoms with Gasteiger partial charge >= 0.3 is 0 Å². The van der Waals surface area contributed by atoms with E-state index in [2.05, 4.69) is 30.5 Å². The minimum atomic E-state index is -0.575. The third-order valence-corrected chi connectivity index (χ3v) is 7.06. The van der Waals surface area contributed by atoms with Crippen molar-refractivity contribution < 1.29 is 14.0 Å². The average Bonchev–Trinajstić information content (AvgIpc) is 3.26. The van der Waals surface area contributed by atoms with Crippen LogP contribution in [0.25, 0.3) is 0 Å². The maximum atomic E-state index is 14.3. The Bertz CT molecular complexity index is 1140. The van der Waals surface area contributed by atoms with Crippen molar-refractivity contribution in [1.29, 1.82) is 0 Å². The number of halogens is 1. The quantitative estimate of drug-likeness (QED) is 0.535. The summed E-state index contributed by atoms with van der Waals surface area (Å²) in [5.74, 6) is -1.17. The lowest BCUT2D eigenvalue weighted by molar-refractivity contribution is -0.134. The third-order valence-electron chi connectivity index (χ3n) is 6.06. The van der Waals surface area contributed by atoms with Gasteiger partial charge in [0.1, 0.15) is 12.4 Å². The molecule has 166 valence electrons. The molecular weight excluding hydrogens is 423 g/mol. The first-order valence-electron chi connectivity index (χ1n) is 10.8. The standard InChI is InChI=1S/C26H27FN2O2S/c1-17(2)29(26(31)20-10-6-7-11-22(20)27)16-24(30)28-14-12-23-21(13-15-32-23)25(28)19-9-5-4-8-18(19)3/h4-11,13,15,17,25H,12,14,16H2,1-3H3. The molecule has 1 aromatic heterocycles. The van der Waals surface area contributed by atoms with E-state index in [0.717, 1.165) is 23.1 Å². The van der Waals surface area contributed by atoms with Gasteiger partial charge in [0.25, 0.3) is 5.91 Å². The molecule has 0 N–H and O–H groups in total. The summed E-state index contributed by atoms with van der Waals surface area (Å²) in [6.45, 7) is 6.24. The summed E-state index contributed by atoms with van der Waals surface area (Å²) >= 11 is 1.72. The Morgan fingerprint density at radius 2 is 1.81 bits per heavy atom. The Hall–Kier alpha value is -2.99. The van der Waals surface area contributed by atoms with Crippen LogP contribution in [-0.4, -0.2) is 40.7 Å². The molecule has 2 heterocycles. The molecule has 0 saturated carbocycles. The zero-order chi connectivity index (χ0) is 22.8. The van der Waals surface area contributed by atoms with Gasteiger partial charge in [0, 0.05) is 17.5 Å². The molecule has 0 spiro atoms. The van der Waals surface area contributed by atoms with Gasteiger partial charge in [0.15, 0.2) is 0 Å². The first-order valence-corrected chi connectivity index (χ1v) is 11.7. The van der Waals surface area contributed by atoms with Crippen molar-refractivity contribution >= 4 is 23.2 Å². The van der Waals surface area contributed by atoms with Gasteiger partial charge in [0.05, 0.1) is 11.6 Å². The van der Waals surface area contributed by atoms with E-state index in [4.69, 9.17) is 0 Å². The SMILES string of the molecule is Cc1ccccc1C1c2ccsc2CCN1C(=O)CN(C(=O)c1ccccc1F)C(C)C. The predicted octanol–water partition coefficient (Wildman–Crippen LogP) is 5.22. The van der Waals surface area contributed by atoms with Crippen LogP contribution in [0.1, 0.15) is 51.8 Å². The lowest BCUT2D eigenvalue weighted by Gasteiger charge is -2.38. The molecule has 0 bridgehead atoms. The molecule has 1 atom stereocenters. The molecule has 0 fully saturated rings. The van der Waals surface area contributed by atoms with E-state index in [1.165, 1.54) is 21.9 Å². The van der Waals surface area contributed by atoms with Crippen molar-refractivity contribution in [3.8, 4) is 0 Å². The Labute approximate surface area is 192 Å². The van der Waals surface area contributed by atoms with Crippen LogP contribution in [0.5, 0.6) is 0 Å². The van der Waals surface area contributed by atoms with Crippen LogP contribution in [0.2, 0.25) is 0 Å². The van der Waals surface area contributed by atoms with Crippen molar-refractivity contribution in [2.75, 3.05) is 13.1 Å². The lowest BCUT2D eigenvalue weighted by atomic mass is 9.90. The zero-order valence-electron chi connectivity index (χ0n) is 18.5. The first-order chi connectivity index (χ1) is 15.4. The summed E-state index contributed by atoms with van der Waals surface area (Å²) in [6.07, 6.45) is 0.796. The minimum absolute atomic E-state index is 0.0109. The molecule has 4 rings (SSSR count). The molecule has 6 heteroatoms. The van der Waals surface area contributed by atoms with Crippen LogP contribution >= 0.6 is 11.3 Å². The minimum Gasteiger partial charge on any atom is -0.330 e. The number of rotatable bonds is 5. The molecule has 1 aliphatic heterocycles. The van der Waals surface area contributed by atoms with Crippen LogP contribution in [0, 0.1) is 12.7 Å². The zero-order valence-corrected chi connectivity index (χ0v) is 19.4. The predicted molar refractivity (Wildman–Crippen MR) is 125 cm³/mol. The van der Waals surface area contributed by atoms with Crippen molar-refractivity contribution in [1.82, 2.24) is 9.80 Å². The summed E-state index contributed by atoms with van der Waals surface area (Å²) < 4.78 is 14.3. The highest BCUT2D eigenvalue weighted by Crippen LogP contribution is 2.39. The van der Waals surface area contributed by atoms with Crippen LogP contribution in [-0.2, 0) is 11.2 Å². The molecule has 2 aromatic carbocycles. The van der Waals surface area contributed by atoms with Gasteiger partial charge in [-0.1, -0.05) is 36.4 Å². The largest absolute Gasteiger partial charge is 0.330 e. The number of nitrogens with zero attached hydrogens (tertiary/aromatic N) is 2. The van der Waals surface area contributed by atoms with E-state index < -0.39 is 11.7 Å². The summed E-state index contributed by atoms with van der Waals surface area (Å²) in [7, 11) is 0. The molecule has 0 radical (unpaired) electrons. The highest BCUT2D eigenvalue weighted by atomic mass is 32.1. The molecule has 1 unspecified atom stereocenters. The second-order valence-electron chi connectivity index (χ2n) is 8.40. The van der Waals surface area contributed by atoms with Gasteiger partial charge in [-0.15, -0.1) is 11.3 Å². The Morgan fingerprint density at radius 3 is 2.53 bits per heavy atom. The Balaban J connectivity index is 1.65. The molecule has 0 aliphatic carbocycles. The van der Waals surface area contributed by atoms with Gasteiger partial charge in [-0.2, -0.15) is 0 Å². The molecule has 1 aliphatic rings. The molecule has 3 aromatic rings. The van der Waals surface area contributed by atoms with Crippen LogP contribution in [0.15, 0.2) is 60.0 Å². The van der Waals surface area contributed by atoms with Gasteiger partial charge < -0.3 is 9.80 Å². The number of amides is 2. The molecular formula is C26H27FN2O2S. The number of hydrogen-bond donors (Lipinski definition) is 0. The summed E-state index contributed by atoms with van der Waals surface area (Å²) in [5, 5.41) is 2.08. The number of carbonyl (C=O) groups is 2. The number of carbonyl (C=O) groups excluding carboxylic acids is 2. The van der Waals surface area contributed by atoms with E-state index in [1.54, 1.807) is 23.5 Å². The first kappa shape index (κ1) is 22.2. The van der Waals surface area contributed by atoms with Gasteiger partial charge in [-0.25, -0.2) is 4.39 Å². The summed E-state index contributed by atoms with van der Waals surface area (Å²) in [6, 6.07) is 15.7. The topological polar surface area (TPSA) is 40.6 Å². The lowest BCUT2D eigenvalue weighted by Crippen LogP contribution is -2.48. The fourth-order valence-corrected chi connectivity index (χ4v) is 5.23. The van der Waals surface area contributed by atoms with Crippen molar-refractivity contribution in [2.24, 2.45) is 0 Å². The fraction of sp³-hybridized carbons (Fsp3) is 0.308. The van der Waals surface area contributed by atoms with E-state index in [9.17, 15) is 14.0 Å². The molecule has 4 nitrogen and oxygen atoms in total. The van der Waals surface area contributed by atoms with Gasteiger partial charge in [-0.3, -0.25) is 9.59 Å². The average molecular weight is 451 g/mol. The normalized spacial score (nSPS) is 15.5. The Morgan fingerprint density at radius 1 is 1.09 bits per heavy atom. The number of hydrogen-bond acceptors (Lipinski definition) is 3. The smallest absolute Gasteiger partial charge is 0.257 e. The fourth-order valence-electron chi connectivity index (χ4n) is 4.33. The highest BCUT2D eigenvalue weighted by Gasteiger charge is 2.35. The third kappa shape index (κ3) is 4.19. The number of aryl methyl sites for hydroxylation is 1. The van der Waals surface area contributed by atoms with Crippen molar-refractivity contribution in [3.63, 3.8) is 0 Å². The van der Waals surface area contributed by atoms with Crippen LogP contribution in [0.3, 0.4) is 0 Å². The monoisotopic (exact) mass is 450 g/mol. The maximum absolute atomic E-state index is 14.3. The Kier molecular flexibility index (Phi) is 6.42. The van der Waals surface area contributed by atoms with E-state index in [0.29, 0.717) is 6.54 Å². The number of fused-ring (bicyclic) bond motifs is 1. The molecule has 2 amide bonds. The van der Waals surface area contributed by atoms with E-state index in [1.807, 2.05) is 30.9 Å². The van der Waals surface area contributed by atoms with Gasteiger partial charge in [-0.05, 0) is 67.5 Å². The summed E-state index contributed by atoms with van der Waals surface area (Å²) in [4.78, 5) is 31.3. The van der Waals surface area contributed by atoms with E-state index >= 15 is 0 Å². The highest BCUT2D eigenvalue weighted by molar-refractivity contribution is 7.10. The molecule has 32 heavy (non-hydrogen) atoms. The van der Waals surface area contributed by atoms with E-state index in [-0.39, 0.29) is 30.1 Å². The second-order valence-corrected chi connectivity index (χ2v) is 9.40. The van der Waals surface area contributed by atoms with Crippen LogP contribution < -0.4 is 0 Å².